The number of piperazine rings is 1. The normalized spacial score (nSPS) is 15.2. The van der Waals surface area contributed by atoms with Crippen molar-refractivity contribution in [2.75, 3.05) is 26.2 Å². The maximum atomic E-state index is 12.6. The van der Waals surface area contributed by atoms with E-state index in [1.54, 1.807) is 23.6 Å². The molecule has 6 nitrogen and oxygen atoms in total. The molecule has 1 aliphatic rings. The molecule has 2 aromatic carbocycles. The Bertz CT molecular complexity index is 1170. The number of nitrogens with zero attached hydrogens (tertiary/aromatic N) is 5. The van der Waals surface area contributed by atoms with E-state index >= 15 is 0 Å². The van der Waals surface area contributed by atoms with Crippen molar-refractivity contribution >= 4 is 33.5 Å². The highest BCUT2D eigenvalue weighted by Crippen LogP contribution is 2.23. The molecule has 1 fully saturated rings. The van der Waals surface area contributed by atoms with Crippen molar-refractivity contribution in [3.05, 3.63) is 83.6 Å². The maximum absolute atomic E-state index is 12.6. The molecule has 1 saturated heterocycles. The number of amides is 1. The lowest BCUT2D eigenvalue weighted by atomic mass is 10.2. The van der Waals surface area contributed by atoms with Gasteiger partial charge in [-0.15, -0.1) is 11.3 Å². The first-order valence-corrected chi connectivity index (χ1v) is 11.2. The van der Waals surface area contributed by atoms with E-state index in [9.17, 15) is 4.79 Å². The van der Waals surface area contributed by atoms with Crippen molar-refractivity contribution in [1.82, 2.24) is 24.6 Å². The zero-order valence-electron chi connectivity index (χ0n) is 17.1. The fraction of sp³-hybridized carbons (Fsp3) is 0.208. The molecule has 0 radical (unpaired) electrons. The lowest BCUT2D eigenvalue weighted by Gasteiger charge is -2.33. The quantitative estimate of drug-likeness (QED) is 0.453. The summed E-state index contributed by atoms with van der Waals surface area (Å²) in [6.45, 7) is 4.04. The maximum Gasteiger partial charge on any atom is 0.246 e. The zero-order valence-corrected chi connectivity index (χ0v) is 17.9. The lowest BCUT2D eigenvalue weighted by Crippen LogP contribution is -2.47. The first-order valence-electron chi connectivity index (χ1n) is 10.4. The highest BCUT2D eigenvalue weighted by molar-refractivity contribution is 7.18. The summed E-state index contributed by atoms with van der Waals surface area (Å²) in [5.41, 5.74) is 2.97. The second-order valence-electron chi connectivity index (χ2n) is 7.56. The monoisotopic (exact) mass is 429 g/mol. The summed E-state index contributed by atoms with van der Waals surface area (Å²) in [5.74, 6) is 0.0482. The number of benzene rings is 2. The van der Waals surface area contributed by atoms with Gasteiger partial charge in [-0.1, -0.05) is 30.3 Å². The van der Waals surface area contributed by atoms with Crippen LogP contribution in [-0.2, 0) is 11.3 Å². The van der Waals surface area contributed by atoms with Gasteiger partial charge in [-0.2, -0.15) is 5.10 Å². The zero-order chi connectivity index (χ0) is 21.0. The van der Waals surface area contributed by atoms with Crippen LogP contribution in [0.25, 0.3) is 22.0 Å². The topological polar surface area (TPSA) is 54.3 Å². The van der Waals surface area contributed by atoms with Crippen molar-refractivity contribution in [3.8, 4) is 5.69 Å². The number of aromatic nitrogens is 3. The standard InChI is InChI=1S/C24H23N5OS/c30-24(11-10-19-16-25-29(17-19)20-6-2-1-3-7-20)28-14-12-27(13-15-28)18-23-26-21-8-4-5-9-22(21)31-23/h1-11,16-17H,12-15,18H2. The summed E-state index contributed by atoms with van der Waals surface area (Å²) in [7, 11) is 0. The fourth-order valence-electron chi connectivity index (χ4n) is 3.72. The first-order chi connectivity index (χ1) is 15.2. The number of rotatable bonds is 5. The Kier molecular flexibility index (Phi) is 5.60. The number of para-hydroxylation sites is 2. The van der Waals surface area contributed by atoms with Crippen molar-refractivity contribution < 1.29 is 4.79 Å². The molecule has 3 heterocycles. The SMILES string of the molecule is O=C(C=Cc1cnn(-c2ccccc2)c1)N1CCN(Cc2nc3ccccc3s2)CC1. The minimum Gasteiger partial charge on any atom is -0.337 e. The number of hydrogen-bond acceptors (Lipinski definition) is 5. The van der Waals surface area contributed by atoms with E-state index in [0.29, 0.717) is 0 Å². The van der Waals surface area contributed by atoms with Crippen LogP contribution >= 0.6 is 11.3 Å². The predicted octanol–water partition coefficient (Wildman–Crippen LogP) is 3.84. The van der Waals surface area contributed by atoms with Gasteiger partial charge in [0.2, 0.25) is 5.91 Å². The number of fused-ring (bicyclic) bond motifs is 1. The number of thiazole rings is 1. The molecule has 0 aliphatic carbocycles. The van der Waals surface area contributed by atoms with Crippen LogP contribution in [-0.4, -0.2) is 56.7 Å². The fourth-order valence-corrected chi connectivity index (χ4v) is 4.73. The van der Waals surface area contributed by atoms with Crippen LogP contribution in [0.15, 0.2) is 73.1 Å². The number of carbonyl (C=O) groups excluding carboxylic acids is 1. The molecule has 1 amide bonds. The van der Waals surface area contributed by atoms with E-state index < -0.39 is 0 Å². The molecule has 0 unspecified atom stereocenters. The lowest BCUT2D eigenvalue weighted by molar-refractivity contribution is -0.127. The van der Waals surface area contributed by atoms with Gasteiger partial charge in [0.1, 0.15) is 5.01 Å². The number of carbonyl (C=O) groups is 1. The van der Waals surface area contributed by atoms with Crippen LogP contribution in [0.3, 0.4) is 0 Å². The van der Waals surface area contributed by atoms with Crippen LogP contribution in [0.2, 0.25) is 0 Å². The van der Waals surface area contributed by atoms with Crippen LogP contribution in [0, 0.1) is 0 Å². The van der Waals surface area contributed by atoms with Gasteiger partial charge in [0, 0.05) is 44.0 Å². The van der Waals surface area contributed by atoms with Crippen molar-refractivity contribution in [2.24, 2.45) is 0 Å². The molecule has 0 spiro atoms. The van der Waals surface area contributed by atoms with Crippen molar-refractivity contribution in [2.45, 2.75) is 6.54 Å². The molecule has 7 heteroatoms. The van der Waals surface area contributed by atoms with E-state index in [4.69, 9.17) is 4.98 Å². The Hall–Kier alpha value is -3.29. The average Bonchev–Trinajstić information content (AvgIpc) is 3.45. The van der Waals surface area contributed by atoms with Crippen molar-refractivity contribution in [3.63, 3.8) is 0 Å². The largest absolute Gasteiger partial charge is 0.337 e. The Balaban J connectivity index is 1.14. The molecular weight excluding hydrogens is 406 g/mol. The molecule has 1 aliphatic heterocycles. The van der Waals surface area contributed by atoms with Gasteiger partial charge >= 0.3 is 0 Å². The highest BCUT2D eigenvalue weighted by Gasteiger charge is 2.20. The minimum atomic E-state index is 0.0482. The second kappa shape index (κ2) is 8.83. The van der Waals surface area contributed by atoms with E-state index in [1.807, 2.05) is 58.3 Å². The third-order valence-corrected chi connectivity index (χ3v) is 6.44. The molecule has 156 valence electrons. The van der Waals surface area contributed by atoms with Gasteiger partial charge in [0.05, 0.1) is 28.6 Å². The number of hydrogen-bond donors (Lipinski definition) is 0. The van der Waals surface area contributed by atoms with Crippen molar-refractivity contribution in [1.29, 1.82) is 0 Å². The molecule has 4 aromatic rings. The summed E-state index contributed by atoms with van der Waals surface area (Å²) >= 11 is 1.75. The average molecular weight is 430 g/mol. The van der Waals surface area contributed by atoms with Gasteiger partial charge < -0.3 is 4.90 Å². The Morgan fingerprint density at radius 3 is 2.58 bits per heavy atom. The van der Waals surface area contributed by atoms with Gasteiger partial charge in [0.25, 0.3) is 0 Å². The van der Waals surface area contributed by atoms with Crippen LogP contribution in [0.1, 0.15) is 10.6 Å². The van der Waals surface area contributed by atoms with Gasteiger partial charge in [0.15, 0.2) is 0 Å². The van der Waals surface area contributed by atoms with E-state index in [0.717, 1.165) is 54.5 Å². The molecule has 0 bridgehead atoms. The third-order valence-electron chi connectivity index (χ3n) is 5.42. The second-order valence-corrected chi connectivity index (χ2v) is 8.68. The molecule has 31 heavy (non-hydrogen) atoms. The smallest absolute Gasteiger partial charge is 0.246 e. The first kappa shape index (κ1) is 19.7. The molecule has 0 saturated carbocycles. The Morgan fingerprint density at radius 1 is 1.00 bits per heavy atom. The van der Waals surface area contributed by atoms with E-state index in [-0.39, 0.29) is 5.91 Å². The van der Waals surface area contributed by atoms with Crippen LogP contribution < -0.4 is 0 Å². The predicted molar refractivity (Wildman–Crippen MR) is 124 cm³/mol. The third kappa shape index (κ3) is 4.57. The summed E-state index contributed by atoms with van der Waals surface area (Å²) in [6, 6.07) is 18.2. The van der Waals surface area contributed by atoms with Gasteiger partial charge in [-0.25, -0.2) is 9.67 Å². The Morgan fingerprint density at radius 2 is 1.77 bits per heavy atom. The van der Waals surface area contributed by atoms with Crippen LogP contribution in [0.4, 0.5) is 0 Å². The summed E-state index contributed by atoms with van der Waals surface area (Å²) < 4.78 is 3.04. The summed E-state index contributed by atoms with van der Waals surface area (Å²) in [5, 5.41) is 5.51. The van der Waals surface area contributed by atoms with E-state index in [1.165, 1.54) is 4.70 Å². The summed E-state index contributed by atoms with van der Waals surface area (Å²) in [4.78, 5) is 21.6. The highest BCUT2D eigenvalue weighted by atomic mass is 32.1. The molecule has 0 atom stereocenters. The summed E-state index contributed by atoms with van der Waals surface area (Å²) in [6.07, 6.45) is 7.18. The molecular formula is C24H23N5OS. The molecule has 0 N–H and O–H groups in total. The Labute approximate surface area is 185 Å². The van der Waals surface area contributed by atoms with Gasteiger partial charge in [-0.3, -0.25) is 9.69 Å². The van der Waals surface area contributed by atoms with E-state index in [2.05, 4.69) is 28.2 Å². The van der Waals surface area contributed by atoms with Gasteiger partial charge in [-0.05, 0) is 30.3 Å². The minimum absolute atomic E-state index is 0.0482. The molecule has 5 rings (SSSR count). The van der Waals surface area contributed by atoms with Crippen LogP contribution in [0.5, 0.6) is 0 Å². The molecule has 2 aromatic heterocycles.